The molecule has 1 heterocycles. The van der Waals surface area contributed by atoms with Crippen LogP contribution >= 0.6 is 0 Å². The van der Waals surface area contributed by atoms with Gasteiger partial charge in [0.2, 0.25) is 0 Å². The van der Waals surface area contributed by atoms with Gasteiger partial charge in [-0.05, 0) is 37.6 Å². The summed E-state index contributed by atoms with van der Waals surface area (Å²) in [6.07, 6.45) is 0. The number of anilines is 2. The third-order valence-corrected chi connectivity index (χ3v) is 2.78. The first kappa shape index (κ1) is 14.8. The van der Waals surface area contributed by atoms with E-state index in [1.807, 2.05) is 6.92 Å². The van der Waals surface area contributed by atoms with E-state index >= 15 is 0 Å². The predicted molar refractivity (Wildman–Crippen MR) is 75.2 cm³/mol. The molecule has 1 aromatic heterocycles. The number of carbonyl (C=O) groups excluding carboxylic acids is 1. The average molecular weight is 292 g/mol. The molecule has 0 aliphatic carbocycles. The van der Waals surface area contributed by atoms with Crippen molar-refractivity contribution in [1.29, 1.82) is 0 Å². The highest BCUT2D eigenvalue weighted by Crippen LogP contribution is 2.22. The zero-order valence-electron chi connectivity index (χ0n) is 11.6. The van der Waals surface area contributed by atoms with Crippen molar-refractivity contribution >= 4 is 17.4 Å². The Kier molecular flexibility index (Phi) is 4.42. The molecule has 110 valence electrons. The van der Waals surface area contributed by atoms with Crippen LogP contribution in [0.2, 0.25) is 0 Å². The molecule has 7 heteroatoms. The van der Waals surface area contributed by atoms with Crippen LogP contribution in [0.25, 0.3) is 0 Å². The van der Waals surface area contributed by atoms with Gasteiger partial charge in [0.15, 0.2) is 11.5 Å². The molecule has 2 aromatic rings. The molecule has 1 aromatic carbocycles. The molecule has 0 saturated heterocycles. The molecule has 0 spiro atoms. The van der Waals surface area contributed by atoms with Crippen molar-refractivity contribution in [2.75, 3.05) is 17.2 Å². The number of benzene rings is 1. The summed E-state index contributed by atoms with van der Waals surface area (Å²) in [6, 6.07) is 5.37. The van der Waals surface area contributed by atoms with E-state index in [1.165, 1.54) is 19.1 Å². The molecule has 21 heavy (non-hydrogen) atoms. The molecule has 0 saturated carbocycles. The van der Waals surface area contributed by atoms with Crippen LogP contribution in [0.4, 0.5) is 20.3 Å². The fraction of sp³-hybridized carbons (Fsp3) is 0.214. The molecular weight excluding hydrogens is 278 g/mol. The van der Waals surface area contributed by atoms with Crippen molar-refractivity contribution in [1.82, 2.24) is 10.2 Å². The Morgan fingerprint density at radius 2 is 1.95 bits per heavy atom. The molecule has 2 rings (SSSR count). The van der Waals surface area contributed by atoms with Crippen LogP contribution in [0.3, 0.4) is 0 Å². The van der Waals surface area contributed by atoms with Gasteiger partial charge in [0, 0.05) is 6.54 Å². The Balaban J connectivity index is 2.20. The van der Waals surface area contributed by atoms with Gasteiger partial charge in [-0.3, -0.25) is 4.79 Å². The Bertz CT molecular complexity index is 659. The maximum atomic E-state index is 13.8. The fourth-order valence-corrected chi connectivity index (χ4v) is 1.68. The maximum absolute atomic E-state index is 13.8. The summed E-state index contributed by atoms with van der Waals surface area (Å²) < 4.78 is 27.4. The van der Waals surface area contributed by atoms with Gasteiger partial charge >= 0.3 is 0 Å². The summed E-state index contributed by atoms with van der Waals surface area (Å²) in [5, 5.41) is 12.6. The van der Waals surface area contributed by atoms with Gasteiger partial charge in [-0.15, -0.1) is 10.2 Å². The zero-order chi connectivity index (χ0) is 15.4. The predicted octanol–water partition coefficient (Wildman–Crippen LogP) is 2.75. The molecule has 5 nitrogen and oxygen atoms in total. The number of aryl methyl sites for hydroxylation is 1. The summed E-state index contributed by atoms with van der Waals surface area (Å²) >= 11 is 0. The van der Waals surface area contributed by atoms with Crippen LogP contribution in [0.15, 0.2) is 24.3 Å². The molecular formula is C14H14F2N4O. The Hall–Kier alpha value is -2.57. The Morgan fingerprint density at radius 1 is 1.19 bits per heavy atom. The number of nitrogens with one attached hydrogen (secondary N) is 2. The van der Waals surface area contributed by atoms with Crippen LogP contribution in [-0.4, -0.2) is 22.6 Å². The Labute approximate surface area is 120 Å². The quantitative estimate of drug-likeness (QED) is 0.909. The van der Waals surface area contributed by atoms with E-state index in [2.05, 4.69) is 20.8 Å². The second kappa shape index (κ2) is 6.25. The third-order valence-electron chi connectivity index (χ3n) is 2.78. The van der Waals surface area contributed by atoms with E-state index in [4.69, 9.17) is 0 Å². The topological polar surface area (TPSA) is 66.9 Å². The number of carbonyl (C=O) groups is 1. The first-order valence-corrected chi connectivity index (χ1v) is 6.36. The minimum atomic E-state index is -0.844. The van der Waals surface area contributed by atoms with Gasteiger partial charge in [-0.2, -0.15) is 0 Å². The van der Waals surface area contributed by atoms with E-state index in [1.54, 1.807) is 6.07 Å². The molecule has 0 unspecified atom stereocenters. The van der Waals surface area contributed by atoms with E-state index in [9.17, 15) is 13.6 Å². The van der Waals surface area contributed by atoms with Crippen LogP contribution in [0, 0.1) is 18.6 Å². The number of nitrogens with zero attached hydrogens (tertiary/aromatic N) is 2. The van der Waals surface area contributed by atoms with E-state index in [0.29, 0.717) is 12.4 Å². The first-order valence-electron chi connectivity index (χ1n) is 6.36. The highest BCUT2D eigenvalue weighted by atomic mass is 19.1. The lowest BCUT2D eigenvalue weighted by Gasteiger charge is -2.09. The van der Waals surface area contributed by atoms with Gasteiger partial charge in [0.25, 0.3) is 5.91 Å². The van der Waals surface area contributed by atoms with E-state index in [-0.39, 0.29) is 11.3 Å². The number of aromatic nitrogens is 2. The van der Waals surface area contributed by atoms with Crippen LogP contribution in [-0.2, 0) is 0 Å². The smallest absolute Gasteiger partial charge is 0.276 e. The van der Waals surface area contributed by atoms with Crippen molar-refractivity contribution in [2.24, 2.45) is 0 Å². The lowest BCUT2D eigenvalue weighted by molar-refractivity contribution is 0.102. The molecule has 0 radical (unpaired) electrons. The largest absolute Gasteiger partial charge is 0.369 e. The van der Waals surface area contributed by atoms with Crippen LogP contribution in [0.5, 0.6) is 0 Å². The minimum Gasteiger partial charge on any atom is -0.369 e. The summed E-state index contributed by atoms with van der Waals surface area (Å²) in [4.78, 5) is 11.9. The zero-order valence-corrected chi connectivity index (χ0v) is 11.6. The standard InChI is InChI=1S/C14H14F2N4O/c1-3-17-11-7-6-10(19-20-11)14(21)18-13-9(15)5-4-8(2)12(13)16/h4-7H,3H2,1-2H3,(H,17,20)(H,18,21). The summed E-state index contributed by atoms with van der Waals surface area (Å²) in [7, 11) is 0. The molecule has 0 fully saturated rings. The van der Waals surface area contributed by atoms with E-state index in [0.717, 1.165) is 6.07 Å². The third kappa shape index (κ3) is 3.31. The van der Waals surface area contributed by atoms with Crippen LogP contribution < -0.4 is 10.6 Å². The summed E-state index contributed by atoms with van der Waals surface area (Å²) in [5.41, 5.74) is -0.283. The number of amides is 1. The molecule has 0 atom stereocenters. The van der Waals surface area contributed by atoms with Gasteiger partial charge in [-0.25, -0.2) is 8.78 Å². The van der Waals surface area contributed by atoms with Gasteiger partial charge < -0.3 is 10.6 Å². The normalized spacial score (nSPS) is 10.3. The second-order valence-corrected chi connectivity index (χ2v) is 4.34. The van der Waals surface area contributed by atoms with Crippen molar-refractivity contribution in [3.8, 4) is 0 Å². The van der Waals surface area contributed by atoms with Crippen molar-refractivity contribution in [3.63, 3.8) is 0 Å². The lowest BCUT2D eigenvalue weighted by Crippen LogP contribution is -2.17. The fourth-order valence-electron chi connectivity index (χ4n) is 1.68. The number of hydrogen-bond acceptors (Lipinski definition) is 4. The van der Waals surface area contributed by atoms with Crippen LogP contribution in [0.1, 0.15) is 23.0 Å². The molecule has 0 bridgehead atoms. The monoisotopic (exact) mass is 292 g/mol. The van der Waals surface area contributed by atoms with Gasteiger partial charge in [0.05, 0.1) is 0 Å². The van der Waals surface area contributed by atoms with Gasteiger partial charge in [0.1, 0.15) is 17.3 Å². The number of rotatable bonds is 4. The maximum Gasteiger partial charge on any atom is 0.276 e. The number of hydrogen-bond donors (Lipinski definition) is 2. The Morgan fingerprint density at radius 3 is 2.57 bits per heavy atom. The summed E-state index contributed by atoms with van der Waals surface area (Å²) in [5.74, 6) is -1.86. The highest BCUT2D eigenvalue weighted by Gasteiger charge is 2.16. The lowest BCUT2D eigenvalue weighted by atomic mass is 10.2. The second-order valence-electron chi connectivity index (χ2n) is 4.34. The average Bonchev–Trinajstić information content (AvgIpc) is 2.48. The van der Waals surface area contributed by atoms with Gasteiger partial charge in [-0.1, -0.05) is 6.07 Å². The SMILES string of the molecule is CCNc1ccc(C(=O)Nc2c(F)ccc(C)c2F)nn1. The highest BCUT2D eigenvalue weighted by molar-refractivity contribution is 6.03. The number of halogens is 2. The van der Waals surface area contributed by atoms with Crippen molar-refractivity contribution < 1.29 is 13.6 Å². The molecule has 1 amide bonds. The minimum absolute atomic E-state index is 0.0306. The van der Waals surface area contributed by atoms with Crippen molar-refractivity contribution in [3.05, 3.63) is 47.2 Å². The first-order chi connectivity index (χ1) is 10.0. The summed E-state index contributed by atoms with van der Waals surface area (Å²) in [6.45, 7) is 4.04. The van der Waals surface area contributed by atoms with E-state index < -0.39 is 23.2 Å². The van der Waals surface area contributed by atoms with Crippen molar-refractivity contribution in [2.45, 2.75) is 13.8 Å². The molecule has 0 aliphatic rings. The molecule has 2 N–H and O–H groups in total. The molecule has 0 aliphatic heterocycles.